The summed E-state index contributed by atoms with van der Waals surface area (Å²) in [5.41, 5.74) is 4.47. The summed E-state index contributed by atoms with van der Waals surface area (Å²) in [6, 6.07) is 4.62. The number of carboxylic acid groups (broad SMARTS) is 1. The van der Waals surface area contributed by atoms with Gasteiger partial charge in [0.25, 0.3) is 0 Å². The highest BCUT2D eigenvalue weighted by atomic mass is 35.5. The Hall–Kier alpha value is -2.21. The minimum absolute atomic E-state index is 0.190. The second-order valence-electron chi connectivity index (χ2n) is 6.74. The van der Waals surface area contributed by atoms with Crippen molar-refractivity contribution in [3.05, 3.63) is 45.8 Å². The number of ether oxygens (including phenoxy) is 1. The van der Waals surface area contributed by atoms with Crippen molar-refractivity contribution in [2.75, 3.05) is 29.7 Å². The Kier molecular flexibility index (Phi) is 9.46. The van der Waals surface area contributed by atoms with Crippen LogP contribution in [-0.2, 0) is 15.8 Å². The zero-order chi connectivity index (χ0) is 25.8. The molecule has 3 N–H and O–H groups in total. The van der Waals surface area contributed by atoms with Crippen LogP contribution in [0.1, 0.15) is 5.56 Å². The number of hydrogen-bond acceptors (Lipinski definition) is 5. The van der Waals surface area contributed by atoms with Crippen LogP contribution >= 0.6 is 46.4 Å². The second-order valence-corrected chi connectivity index (χ2v) is 8.28. The fourth-order valence-electron chi connectivity index (χ4n) is 2.71. The van der Waals surface area contributed by atoms with Crippen LogP contribution in [0.15, 0.2) is 24.3 Å². The number of nitrogens with zero attached hydrogens (tertiary/aromatic N) is 2. The number of rotatable bonds is 5. The van der Waals surface area contributed by atoms with Crippen LogP contribution in [0.3, 0.4) is 0 Å². The summed E-state index contributed by atoms with van der Waals surface area (Å²) < 4.78 is 55.4. The van der Waals surface area contributed by atoms with Gasteiger partial charge in [0.1, 0.15) is 15.4 Å². The van der Waals surface area contributed by atoms with Gasteiger partial charge >= 0.3 is 12.1 Å². The molecule has 2 aromatic rings. The highest BCUT2D eigenvalue weighted by molar-refractivity contribution is 6.39. The number of alkyl halides is 5. The molecular formula is C19H15Cl4F4N3O4. The molecule has 1 saturated heterocycles. The lowest BCUT2D eigenvalue weighted by molar-refractivity contribution is -0.139. The summed E-state index contributed by atoms with van der Waals surface area (Å²) in [7, 11) is 0. The Morgan fingerprint density at radius 3 is 2.47 bits per heavy atom. The van der Waals surface area contributed by atoms with Gasteiger partial charge in [0.15, 0.2) is 6.61 Å². The zero-order valence-corrected chi connectivity index (χ0v) is 19.8. The summed E-state index contributed by atoms with van der Waals surface area (Å²) in [6.45, 7) is -0.467. The molecule has 0 aliphatic carbocycles. The van der Waals surface area contributed by atoms with E-state index in [0.717, 1.165) is 12.1 Å². The summed E-state index contributed by atoms with van der Waals surface area (Å²) >= 11 is 22.6. The van der Waals surface area contributed by atoms with Crippen molar-refractivity contribution in [1.82, 2.24) is 4.98 Å². The van der Waals surface area contributed by atoms with Gasteiger partial charge in [-0.15, -0.1) is 23.2 Å². The number of aliphatic carboxylic acids is 1. The molecule has 1 aromatic carbocycles. The lowest BCUT2D eigenvalue weighted by Crippen LogP contribution is -2.27. The lowest BCUT2D eigenvalue weighted by Gasteiger charge is -2.18. The number of anilines is 2. The van der Waals surface area contributed by atoms with E-state index in [-0.39, 0.29) is 34.7 Å². The van der Waals surface area contributed by atoms with E-state index in [1.54, 1.807) is 0 Å². The molecule has 3 rings (SSSR count). The lowest BCUT2D eigenvalue weighted by atomic mass is 10.1. The summed E-state index contributed by atoms with van der Waals surface area (Å²) in [4.78, 5) is 26.5. The average Bonchev–Trinajstić information content (AvgIpc) is 3.07. The van der Waals surface area contributed by atoms with Crippen LogP contribution < -0.4 is 15.4 Å². The largest absolute Gasteiger partial charge is 0.479 e. The summed E-state index contributed by atoms with van der Waals surface area (Å²) in [6.07, 6.45) is -4.44. The number of carbonyl (C=O) groups excluding carboxylic acids is 1. The van der Waals surface area contributed by atoms with E-state index in [1.807, 2.05) is 0 Å². The normalized spacial score (nSPS) is 17.9. The number of carbonyl (C=O) groups is 2. The van der Waals surface area contributed by atoms with E-state index < -0.39 is 52.5 Å². The molecule has 34 heavy (non-hydrogen) atoms. The number of amides is 1. The predicted octanol–water partition coefficient (Wildman–Crippen LogP) is 5.09. The van der Waals surface area contributed by atoms with Crippen molar-refractivity contribution in [3.63, 3.8) is 0 Å². The molecule has 0 spiro atoms. The van der Waals surface area contributed by atoms with E-state index in [4.69, 9.17) is 57.2 Å². The van der Waals surface area contributed by atoms with Crippen LogP contribution in [0.25, 0.3) is 0 Å². The first-order chi connectivity index (χ1) is 15.8. The van der Waals surface area contributed by atoms with Crippen LogP contribution in [0, 0.1) is 11.9 Å². The molecule has 1 fully saturated rings. The molecule has 2 heterocycles. The Labute approximate surface area is 210 Å². The Bertz CT molecular complexity index is 1070. The van der Waals surface area contributed by atoms with Crippen molar-refractivity contribution >= 4 is 69.7 Å². The number of pyridine rings is 1. The van der Waals surface area contributed by atoms with Gasteiger partial charge in [-0.2, -0.15) is 22.5 Å². The zero-order valence-electron chi connectivity index (χ0n) is 16.8. The number of benzene rings is 1. The molecule has 0 saturated carbocycles. The van der Waals surface area contributed by atoms with Crippen molar-refractivity contribution in [2.24, 2.45) is 5.92 Å². The molecule has 2 unspecified atom stereocenters. The third kappa shape index (κ3) is 6.68. The Morgan fingerprint density at radius 1 is 1.29 bits per heavy atom. The van der Waals surface area contributed by atoms with E-state index in [0.29, 0.717) is 0 Å². The average molecular weight is 567 g/mol. The monoisotopic (exact) mass is 565 g/mol. The smallest absolute Gasteiger partial charge is 0.416 e. The third-order valence-electron chi connectivity index (χ3n) is 4.39. The summed E-state index contributed by atoms with van der Waals surface area (Å²) in [5.74, 6) is -3.20. The molecule has 2 atom stereocenters. The molecule has 1 amide bonds. The Balaban J connectivity index is 0.000000248. The van der Waals surface area contributed by atoms with Crippen molar-refractivity contribution in [2.45, 2.75) is 11.6 Å². The first kappa shape index (κ1) is 28.0. The van der Waals surface area contributed by atoms with E-state index in [1.165, 1.54) is 17.0 Å². The minimum Gasteiger partial charge on any atom is -0.479 e. The second kappa shape index (κ2) is 11.5. The topological polar surface area (TPSA) is 106 Å². The molecular weight excluding hydrogens is 552 g/mol. The van der Waals surface area contributed by atoms with Crippen LogP contribution in [0.2, 0.25) is 10.0 Å². The van der Waals surface area contributed by atoms with Gasteiger partial charge in [0, 0.05) is 24.0 Å². The first-order valence-corrected chi connectivity index (χ1v) is 10.8. The van der Waals surface area contributed by atoms with Crippen molar-refractivity contribution in [1.29, 1.82) is 0 Å². The molecule has 186 valence electrons. The van der Waals surface area contributed by atoms with Gasteiger partial charge in [-0.3, -0.25) is 4.79 Å². The number of nitrogen functional groups attached to an aromatic ring is 1. The number of hydrogen-bond donors (Lipinski definition) is 2. The quantitative estimate of drug-likeness (QED) is 0.297. The number of carboxylic acids is 1. The van der Waals surface area contributed by atoms with Gasteiger partial charge < -0.3 is 20.5 Å². The SMILES string of the molecule is Nc1c(Cl)c(F)nc(OCC(=O)O)c1Cl.O=C1C(Cl)C(CCl)CN1c1cccc(C(F)(F)F)c1. The van der Waals surface area contributed by atoms with Gasteiger partial charge in [-0.05, 0) is 18.2 Å². The van der Waals surface area contributed by atoms with Gasteiger partial charge in [0.05, 0.1) is 11.3 Å². The first-order valence-electron chi connectivity index (χ1n) is 9.11. The number of aromatic nitrogens is 1. The van der Waals surface area contributed by atoms with Crippen LogP contribution in [0.5, 0.6) is 5.88 Å². The summed E-state index contributed by atoms with van der Waals surface area (Å²) in [5, 5.41) is 6.88. The maximum atomic E-state index is 12.9. The standard InChI is InChI=1S/C12H10Cl2F3NO.C7H5Cl2FN2O3/c13-5-7-6-18(11(19)10(7)14)9-3-1-2-8(4-9)12(15,16)17;8-3-5(11)4(9)7(12-6(3)10)15-1-2(13)14/h1-4,7,10H,5-6H2;1H2,(H2,11,12)(H,13,14). The van der Waals surface area contributed by atoms with E-state index in [2.05, 4.69) is 9.72 Å². The predicted molar refractivity (Wildman–Crippen MR) is 119 cm³/mol. The maximum Gasteiger partial charge on any atom is 0.416 e. The van der Waals surface area contributed by atoms with Gasteiger partial charge in [0.2, 0.25) is 17.7 Å². The van der Waals surface area contributed by atoms with Crippen molar-refractivity contribution in [3.8, 4) is 5.88 Å². The van der Waals surface area contributed by atoms with Crippen molar-refractivity contribution < 1.29 is 37.0 Å². The van der Waals surface area contributed by atoms with Crippen LogP contribution in [0.4, 0.5) is 28.9 Å². The van der Waals surface area contributed by atoms with Gasteiger partial charge in [-0.1, -0.05) is 29.3 Å². The minimum atomic E-state index is -4.44. The molecule has 15 heteroatoms. The van der Waals surface area contributed by atoms with E-state index in [9.17, 15) is 27.2 Å². The Morgan fingerprint density at radius 2 is 1.94 bits per heavy atom. The van der Waals surface area contributed by atoms with Gasteiger partial charge in [-0.25, -0.2) is 4.79 Å². The molecule has 0 radical (unpaired) electrons. The maximum absolute atomic E-state index is 12.9. The highest BCUT2D eigenvalue weighted by Gasteiger charge is 2.40. The fourth-order valence-corrected chi connectivity index (χ4v) is 3.74. The third-order valence-corrected chi connectivity index (χ3v) is 6.05. The van der Waals surface area contributed by atoms with E-state index >= 15 is 0 Å². The number of nitrogens with two attached hydrogens (primary N) is 1. The van der Waals surface area contributed by atoms with Crippen LogP contribution in [-0.4, -0.2) is 46.4 Å². The molecule has 1 aromatic heterocycles. The molecule has 1 aliphatic heterocycles. The molecule has 0 bridgehead atoms. The number of halogens is 8. The molecule has 1 aliphatic rings. The molecule has 7 nitrogen and oxygen atoms in total. The highest BCUT2D eigenvalue weighted by Crippen LogP contribution is 2.36. The fraction of sp³-hybridized carbons (Fsp3) is 0.316.